The molecular weight excluding hydrogens is 354 g/mol. The van der Waals surface area contributed by atoms with Gasteiger partial charge in [0.25, 0.3) is 0 Å². The van der Waals surface area contributed by atoms with Gasteiger partial charge in [-0.25, -0.2) is 0 Å². The van der Waals surface area contributed by atoms with Crippen molar-refractivity contribution >= 4 is 34.1 Å². The van der Waals surface area contributed by atoms with Gasteiger partial charge < -0.3 is 10.1 Å². The molecule has 0 spiro atoms. The third-order valence-corrected chi connectivity index (χ3v) is 5.02. The lowest BCUT2D eigenvalue weighted by molar-refractivity contribution is -0.141. The van der Waals surface area contributed by atoms with Gasteiger partial charge in [0.1, 0.15) is 0 Å². The Morgan fingerprint density at radius 2 is 1.79 bits per heavy atom. The van der Waals surface area contributed by atoms with Crippen molar-refractivity contribution in [2.45, 2.75) is 19.3 Å². The van der Waals surface area contributed by atoms with Crippen LogP contribution in [0.15, 0.2) is 60.7 Å². The number of Topliss-reactive ketones (excluding diaryl/α,β-unsaturated/α-hetero) is 1. The predicted molar refractivity (Wildman–Crippen MR) is 106 cm³/mol. The predicted octanol–water partition coefficient (Wildman–Crippen LogP) is 3.86. The second-order valence-corrected chi connectivity index (χ2v) is 6.96. The van der Waals surface area contributed by atoms with Crippen LogP contribution in [0, 0.1) is 0 Å². The number of esters is 1. The normalized spacial score (nSPS) is 15.2. The maximum absolute atomic E-state index is 12.4. The van der Waals surface area contributed by atoms with E-state index in [1.807, 2.05) is 42.5 Å². The number of amides is 1. The summed E-state index contributed by atoms with van der Waals surface area (Å²) in [4.78, 5) is 36.2. The van der Waals surface area contributed by atoms with Crippen LogP contribution < -0.4 is 5.32 Å². The topological polar surface area (TPSA) is 72.5 Å². The first kappa shape index (κ1) is 17.9. The highest BCUT2D eigenvalue weighted by molar-refractivity contribution is 6.05. The first-order chi connectivity index (χ1) is 13.5. The van der Waals surface area contributed by atoms with Crippen LogP contribution in [0.4, 0.5) is 5.69 Å². The molecule has 1 atom stereocenters. The third kappa shape index (κ3) is 3.51. The number of anilines is 1. The molecule has 0 bridgehead atoms. The van der Waals surface area contributed by atoms with Crippen LogP contribution in [0.5, 0.6) is 0 Å². The number of ether oxygens (including phenoxy) is 1. The van der Waals surface area contributed by atoms with E-state index < -0.39 is 5.97 Å². The molecule has 5 heteroatoms. The van der Waals surface area contributed by atoms with Crippen molar-refractivity contribution in [3.05, 3.63) is 77.4 Å². The molecule has 28 heavy (non-hydrogen) atoms. The van der Waals surface area contributed by atoms with Crippen LogP contribution in [0.1, 0.15) is 34.3 Å². The second-order valence-electron chi connectivity index (χ2n) is 6.96. The van der Waals surface area contributed by atoms with E-state index in [2.05, 4.69) is 5.32 Å². The molecule has 0 saturated carbocycles. The Morgan fingerprint density at radius 3 is 2.61 bits per heavy atom. The fourth-order valence-corrected chi connectivity index (χ4v) is 3.39. The lowest BCUT2D eigenvalue weighted by atomic mass is 9.99. The van der Waals surface area contributed by atoms with Crippen LogP contribution >= 0.6 is 0 Å². The largest absolute Gasteiger partial charge is 0.457 e. The van der Waals surface area contributed by atoms with E-state index in [1.165, 1.54) is 0 Å². The smallest absolute Gasteiger partial charge is 0.310 e. The zero-order valence-corrected chi connectivity index (χ0v) is 15.4. The Kier molecular flexibility index (Phi) is 4.65. The van der Waals surface area contributed by atoms with E-state index in [0.717, 1.165) is 27.6 Å². The lowest BCUT2D eigenvalue weighted by Crippen LogP contribution is -2.16. The molecule has 3 aromatic carbocycles. The van der Waals surface area contributed by atoms with E-state index in [0.29, 0.717) is 5.56 Å². The molecule has 140 valence electrons. The van der Waals surface area contributed by atoms with Gasteiger partial charge in [-0.3, -0.25) is 14.4 Å². The standard InChI is InChI=1S/C23H19NO4/c1-14-19-12-18(8-9-20(19)24-23(14)27)21(25)13-28-22(26)11-15-6-7-16-4-2-3-5-17(16)10-15/h2-10,12,14H,11,13H2,1H3,(H,24,27)/t14-/m0/s1. The summed E-state index contributed by atoms with van der Waals surface area (Å²) in [5, 5.41) is 4.93. The molecule has 0 radical (unpaired) electrons. The van der Waals surface area contributed by atoms with Gasteiger partial charge in [0.2, 0.25) is 5.91 Å². The summed E-state index contributed by atoms with van der Waals surface area (Å²) in [6.45, 7) is 1.47. The molecule has 1 N–H and O–H groups in total. The average Bonchev–Trinajstić information content (AvgIpc) is 2.99. The summed E-state index contributed by atoms with van der Waals surface area (Å²) in [6, 6.07) is 18.7. The first-order valence-electron chi connectivity index (χ1n) is 9.12. The van der Waals surface area contributed by atoms with E-state index in [9.17, 15) is 14.4 Å². The minimum atomic E-state index is -0.449. The number of rotatable bonds is 5. The highest BCUT2D eigenvalue weighted by Crippen LogP contribution is 2.32. The van der Waals surface area contributed by atoms with E-state index in [-0.39, 0.29) is 30.6 Å². The quantitative estimate of drug-likeness (QED) is 0.544. The van der Waals surface area contributed by atoms with Gasteiger partial charge in [0.05, 0.1) is 12.3 Å². The van der Waals surface area contributed by atoms with Crippen LogP contribution in [0.3, 0.4) is 0 Å². The van der Waals surface area contributed by atoms with Gasteiger partial charge in [0, 0.05) is 11.3 Å². The van der Waals surface area contributed by atoms with Crippen molar-refractivity contribution < 1.29 is 19.1 Å². The molecule has 1 amide bonds. The van der Waals surface area contributed by atoms with Crippen LogP contribution in [-0.4, -0.2) is 24.3 Å². The highest BCUT2D eigenvalue weighted by Gasteiger charge is 2.27. The number of hydrogen-bond acceptors (Lipinski definition) is 4. The first-order valence-corrected chi connectivity index (χ1v) is 9.12. The molecule has 1 aliphatic heterocycles. The number of ketones is 1. The van der Waals surface area contributed by atoms with Gasteiger partial charge in [-0.15, -0.1) is 0 Å². The van der Waals surface area contributed by atoms with Crippen molar-refractivity contribution in [3.8, 4) is 0 Å². The third-order valence-electron chi connectivity index (χ3n) is 5.02. The van der Waals surface area contributed by atoms with Gasteiger partial charge in [-0.05, 0) is 47.0 Å². The van der Waals surface area contributed by atoms with Crippen LogP contribution in [-0.2, 0) is 20.7 Å². The monoisotopic (exact) mass is 373 g/mol. The number of nitrogens with one attached hydrogen (secondary N) is 1. The second kappa shape index (κ2) is 7.27. The molecule has 1 aliphatic rings. The molecule has 0 saturated heterocycles. The fourth-order valence-electron chi connectivity index (χ4n) is 3.39. The van der Waals surface area contributed by atoms with Crippen molar-refractivity contribution in [2.24, 2.45) is 0 Å². The van der Waals surface area contributed by atoms with Crippen molar-refractivity contribution in [1.82, 2.24) is 0 Å². The maximum atomic E-state index is 12.4. The summed E-state index contributed by atoms with van der Waals surface area (Å²) >= 11 is 0. The minimum absolute atomic E-state index is 0.0820. The van der Waals surface area contributed by atoms with E-state index in [4.69, 9.17) is 4.74 Å². The Hall–Kier alpha value is -3.47. The SMILES string of the molecule is C[C@@H]1C(=O)Nc2ccc(C(=O)COC(=O)Cc3ccc4ccccc4c3)cc21. The lowest BCUT2D eigenvalue weighted by Gasteiger charge is -2.07. The van der Waals surface area contributed by atoms with Crippen molar-refractivity contribution in [2.75, 3.05) is 11.9 Å². The zero-order valence-electron chi connectivity index (χ0n) is 15.4. The highest BCUT2D eigenvalue weighted by atomic mass is 16.5. The zero-order chi connectivity index (χ0) is 19.7. The molecule has 4 rings (SSSR count). The molecule has 5 nitrogen and oxygen atoms in total. The summed E-state index contributed by atoms with van der Waals surface area (Å²) < 4.78 is 5.17. The number of fused-ring (bicyclic) bond motifs is 2. The Morgan fingerprint density at radius 1 is 1.00 bits per heavy atom. The van der Waals surface area contributed by atoms with Gasteiger partial charge >= 0.3 is 5.97 Å². The Labute approximate surface area is 162 Å². The van der Waals surface area contributed by atoms with E-state index >= 15 is 0 Å². The number of benzene rings is 3. The Balaban J connectivity index is 1.38. The summed E-state index contributed by atoms with van der Waals surface area (Å²) in [5.74, 6) is -1.11. The van der Waals surface area contributed by atoms with Gasteiger partial charge in [-0.2, -0.15) is 0 Å². The summed E-state index contributed by atoms with van der Waals surface area (Å²) in [5.41, 5.74) is 2.79. The number of carbonyl (C=O) groups excluding carboxylic acids is 3. The molecular formula is C23H19NO4. The average molecular weight is 373 g/mol. The molecule has 0 fully saturated rings. The summed E-state index contributed by atoms with van der Waals surface area (Å²) in [7, 11) is 0. The minimum Gasteiger partial charge on any atom is -0.457 e. The van der Waals surface area contributed by atoms with Crippen molar-refractivity contribution in [1.29, 1.82) is 0 Å². The van der Waals surface area contributed by atoms with Crippen LogP contribution in [0.2, 0.25) is 0 Å². The summed E-state index contributed by atoms with van der Waals surface area (Å²) in [6.07, 6.45) is 0.109. The number of carbonyl (C=O) groups is 3. The molecule has 0 aliphatic carbocycles. The molecule has 3 aromatic rings. The molecule has 0 unspecified atom stereocenters. The molecule has 0 aromatic heterocycles. The molecule has 1 heterocycles. The van der Waals surface area contributed by atoms with E-state index in [1.54, 1.807) is 25.1 Å². The van der Waals surface area contributed by atoms with Crippen molar-refractivity contribution in [3.63, 3.8) is 0 Å². The maximum Gasteiger partial charge on any atom is 0.310 e. The van der Waals surface area contributed by atoms with Gasteiger partial charge in [-0.1, -0.05) is 42.5 Å². The van der Waals surface area contributed by atoms with Crippen LogP contribution in [0.25, 0.3) is 10.8 Å². The van der Waals surface area contributed by atoms with Gasteiger partial charge in [0.15, 0.2) is 12.4 Å². The fraction of sp³-hybridized carbons (Fsp3) is 0.174. The Bertz CT molecular complexity index is 1100. The number of hydrogen-bond donors (Lipinski definition) is 1.